The molecule has 3 heteroatoms. The van der Waals surface area contributed by atoms with Gasteiger partial charge in [-0.25, -0.2) is 4.39 Å². The molecule has 2 aliphatic rings. The summed E-state index contributed by atoms with van der Waals surface area (Å²) >= 11 is 0. The molecule has 0 amide bonds. The summed E-state index contributed by atoms with van der Waals surface area (Å²) in [6.45, 7) is 2.85. The number of nitrogens with one attached hydrogen (secondary N) is 1. The zero-order valence-electron chi connectivity index (χ0n) is 12.3. The molecule has 1 unspecified atom stereocenters. The highest BCUT2D eigenvalue weighted by atomic mass is 19.1. The summed E-state index contributed by atoms with van der Waals surface area (Å²) in [5.74, 6) is -0.169. The van der Waals surface area contributed by atoms with Gasteiger partial charge in [0, 0.05) is 18.3 Å². The van der Waals surface area contributed by atoms with E-state index in [0.717, 1.165) is 30.7 Å². The molecule has 20 heavy (non-hydrogen) atoms. The van der Waals surface area contributed by atoms with Gasteiger partial charge in [0.2, 0.25) is 0 Å². The van der Waals surface area contributed by atoms with Gasteiger partial charge in [0.15, 0.2) is 0 Å². The molecule has 1 saturated heterocycles. The molecule has 1 aromatic rings. The van der Waals surface area contributed by atoms with Gasteiger partial charge >= 0.3 is 0 Å². The molecular weight excluding hydrogens is 253 g/mol. The topological polar surface area (TPSA) is 21.3 Å². The van der Waals surface area contributed by atoms with Crippen LogP contribution < -0.4 is 5.32 Å². The van der Waals surface area contributed by atoms with Crippen LogP contribution in [0.15, 0.2) is 18.2 Å². The van der Waals surface area contributed by atoms with Crippen LogP contribution in [0.5, 0.6) is 0 Å². The van der Waals surface area contributed by atoms with Gasteiger partial charge in [-0.1, -0.05) is 25.3 Å². The molecule has 1 aromatic carbocycles. The number of hydrogen-bond acceptors (Lipinski definition) is 2. The van der Waals surface area contributed by atoms with E-state index in [9.17, 15) is 4.39 Å². The van der Waals surface area contributed by atoms with E-state index in [-0.39, 0.29) is 11.4 Å². The van der Waals surface area contributed by atoms with Gasteiger partial charge in [0.05, 0.1) is 5.60 Å². The summed E-state index contributed by atoms with van der Waals surface area (Å²) in [7, 11) is 0. The minimum Gasteiger partial charge on any atom is -0.382 e. The summed E-state index contributed by atoms with van der Waals surface area (Å²) < 4.78 is 19.5. The molecule has 1 spiro atoms. The van der Waals surface area contributed by atoms with Crippen molar-refractivity contribution in [2.24, 2.45) is 0 Å². The molecule has 1 N–H and O–H groups in total. The van der Waals surface area contributed by atoms with Crippen LogP contribution in [0.4, 0.5) is 10.1 Å². The molecule has 2 fully saturated rings. The second-order valence-corrected chi connectivity index (χ2v) is 6.39. The Morgan fingerprint density at radius 1 is 1.25 bits per heavy atom. The minimum atomic E-state index is -0.169. The first-order valence-electron chi connectivity index (χ1n) is 7.84. The third-order valence-electron chi connectivity index (χ3n) is 4.82. The lowest BCUT2D eigenvalue weighted by Crippen LogP contribution is -2.45. The largest absolute Gasteiger partial charge is 0.382 e. The highest BCUT2D eigenvalue weighted by Crippen LogP contribution is 2.39. The summed E-state index contributed by atoms with van der Waals surface area (Å²) in [5, 5.41) is 3.54. The minimum absolute atomic E-state index is 0.0927. The maximum atomic E-state index is 13.4. The van der Waals surface area contributed by atoms with Gasteiger partial charge in [0.1, 0.15) is 5.82 Å². The molecule has 3 rings (SSSR count). The second-order valence-electron chi connectivity index (χ2n) is 6.39. The van der Waals surface area contributed by atoms with Crippen LogP contribution in [0.25, 0.3) is 0 Å². The van der Waals surface area contributed by atoms with Gasteiger partial charge in [-0.2, -0.15) is 0 Å². The van der Waals surface area contributed by atoms with E-state index in [0.29, 0.717) is 6.04 Å². The van der Waals surface area contributed by atoms with Crippen LogP contribution in [0, 0.1) is 12.7 Å². The van der Waals surface area contributed by atoms with Crippen molar-refractivity contribution in [2.75, 3.05) is 11.9 Å². The van der Waals surface area contributed by atoms with Crippen LogP contribution in [0.2, 0.25) is 0 Å². The van der Waals surface area contributed by atoms with E-state index in [2.05, 4.69) is 5.32 Å². The van der Waals surface area contributed by atoms with Crippen molar-refractivity contribution in [1.29, 1.82) is 0 Å². The van der Waals surface area contributed by atoms with Crippen LogP contribution in [-0.4, -0.2) is 18.2 Å². The second kappa shape index (κ2) is 5.72. The monoisotopic (exact) mass is 277 g/mol. The third-order valence-corrected chi connectivity index (χ3v) is 4.82. The Bertz CT molecular complexity index is 463. The number of ether oxygens (including phenoxy) is 1. The Kier molecular flexibility index (Phi) is 3.97. The lowest BCUT2D eigenvalue weighted by Gasteiger charge is -2.44. The fraction of sp³-hybridized carbons (Fsp3) is 0.647. The first-order valence-corrected chi connectivity index (χ1v) is 7.84. The maximum Gasteiger partial charge on any atom is 0.125 e. The molecule has 1 heterocycles. The van der Waals surface area contributed by atoms with E-state index >= 15 is 0 Å². The molecule has 1 aliphatic heterocycles. The van der Waals surface area contributed by atoms with Gasteiger partial charge in [-0.3, -0.25) is 0 Å². The number of hydrogen-bond donors (Lipinski definition) is 1. The van der Waals surface area contributed by atoms with E-state index in [4.69, 9.17) is 4.74 Å². The zero-order chi connectivity index (χ0) is 14.0. The molecule has 1 aliphatic carbocycles. The standard InChI is InChI=1S/C17H24FNO/c1-13-5-6-14(18)11-16(13)19-15-7-10-20-17(12-15)8-3-2-4-9-17/h5-6,11,15,19H,2-4,7-10,12H2,1H3. The fourth-order valence-corrected chi connectivity index (χ4v) is 3.67. The Morgan fingerprint density at radius 3 is 2.85 bits per heavy atom. The highest BCUT2D eigenvalue weighted by molar-refractivity contribution is 5.51. The Morgan fingerprint density at radius 2 is 2.05 bits per heavy atom. The lowest BCUT2D eigenvalue weighted by molar-refractivity contribution is -0.103. The predicted octanol–water partition coefficient (Wildman–Crippen LogP) is 4.43. The first kappa shape index (κ1) is 13.9. The number of benzene rings is 1. The van der Waals surface area contributed by atoms with Crippen LogP contribution >= 0.6 is 0 Å². The van der Waals surface area contributed by atoms with E-state index in [1.807, 2.05) is 13.0 Å². The van der Waals surface area contributed by atoms with Crippen molar-refractivity contribution in [3.05, 3.63) is 29.6 Å². The van der Waals surface area contributed by atoms with E-state index < -0.39 is 0 Å². The lowest BCUT2D eigenvalue weighted by atomic mass is 9.78. The summed E-state index contributed by atoms with van der Waals surface area (Å²) in [6.07, 6.45) is 8.35. The van der Waals surface area contributed by atoms with Crippen molar-refractivity contribution in [3.63, 3.8) is 0 Å². The number of anilines is 1. The molecule has 1 atom stereocenters. The van der Waals surface area contributed by atoms with E-state index in [1.54, 1.807) is 6.07 Å². The van der Waals surface area contributed by atoms with Gasteiger partial charge < -0.3 is 10.1 Å². The average molecular weight is 277 g/mol. The Hall–Kier alpha value is -1.09. The zero-order valence-corrected chi connectivity index (χ0v) is 12.3. The van der Waals surface area contributed by atoms with Crippen molar-refractivity contribution < 1.29 is 9.13 Å². The molecule has 1 saturated carbocycles. The van der Waals surface area contributed by atoms with Crippen LogP contribution in [-0.2, 0) is 4.74 Å². The quantitative estimate of drug-likeness (QED) is 0.863. The SMILES string of the molecule is Cc1ccc(F)cc1NC1CCOC2(CCCCC2)C1. The number of aryl methyl sites for hydroxylation is 1. The predicted molar refractivity (Wildman–Crippen MR) is 79.5 cm³/mol. The van der Waals surface area contributed by atoms with Crippen molar-refractivity contribution in [2.45, 2.75) is 63.5 Å². The normalized spacial score (nSPS) is 25.6. The Balaban J connectivity index is 1.69. The molecular formula is C17H24FNO. The van der Waals surface area contributed by atoms with Gasteiger partial charge in [0.25, 0.3) is 0 Å². The first-order chi connectivity index (χ1) is 9.67. The average Bonchev–Trinajstić information content (AvgIpc) is 2.44. The van der Waals surface area contributed by atoms with Gasteiger partial charge in [-0.15, -0.1) is 0 Å². The number of rotatable bonds is 2. The van der Waals surface area contributed by atoms with Gasteiger partial charge in [-0.05, 0) is 50.3 Å². The third kappa shape index (κ3) is 2.98. The Labute approximate surface area is 120 Å². The van der Waals surface area contributed by atoms with Crippen molar-refractivity contribution >= 4 is 5.69 Å². The molecule has 0 bridgehead atoms. The van der Waals surface area contributed by atoms with Crippen LogP contribution in [0.3, 0.4) is 0 Å². The van der Waals surface area contributed by atoms with Crippen LogP contribution in [0.1, 0.15) is 50.5 Å². The summed E-state index contributed by atoms with van der Waals surface area (Å²) in [6, 6.07) is 5.38. The van der Waals surface area contributed by atoms with Crippen molar-refractivity contribution in [3.8, 4) is 0 Å². The molecule has 2 nitrogen and oxygen atoms in total. The van der Waals surface area contributed by atoms with Crippen molar-refractivity contribution in [1.82, 2.24) is 0 Å². The fourth-order valence-electron chi connectivity index (χ4n) is 3.67. The molecule has 0 radical (unpaired) electrons. The summed E-state index contributed by atoms with van der Waals surface area (Å²) in [5.41, 5.74) is 2.13. The van der Waals surface area contributed by atoms with E-state index in [1.165, 1.54) is 38.2 Å². The maximum absolute atomic E-state index is 13.4. The number of halogens is 1. The molecule has 0 aromatic heterocycles. The highest BCUT2D eigenvalue weighted by Gasteiger charge is 2.38. The summed E-state index contributed by atoms with van der Waals surface area (Å²) in [4.78, 5) is 0. The molecule has 110 valence electrons. The smallest absolute Gasteiger partial charge is 0.125 e.